The topological polar surface area (TPSA) is 29.1 Å². The molecule has 1 aliphatic rings. The van der Waals surface area contributed by atoms with Gasteiger partial charge in [-0.15, -0.1) is 0 Å². The predicted octanol–water partition coefficient (Wildman–Crippen LogP) is 4.39. The third kappa shape index (κ3) is 2.46. The summed E-state index contributed by atoms with van der Waals surface area (Å²) in [5.74, 6) is 0.109. The van der Waals surface area contributed by atoms with Crippen LogP contribution in [0, 0.1) is 0 Å². The van der Waals surface area contributed by atoms with Gasteiger partial charge < -0.3 is 5.32 Å². The van der Waals surface area contributed by atoms with E-state index in [1.165, 1.54) is 22.3 Å². The quantitative estimate of drug-likeness (QED) is 0.745. The van der Waals surface area contributed by atoms with Crippen LogP contribution in [0.5, 0.6) is 0 Å². The summed E-state index contributed by atoms with van der Waals surface area (Å²) in [6.07, 6.45) is 3.59. The molecule has 0 aromatic heterocycles. The van der Waals surface area contributed by atoms with Gasteiger partial charge in [0.25, 0.3) is 0 Å². The number of rotatable bonds is 4. The average Bonchev–Trinajstić information content (AvgIpc) is 2.83. The SMILES string of the molecule is CCCCC(=O)Nc1ccc2c(c1)-c1ccccc1C2. The minimum absolute atomic E-state index is 0.109. The van der Waals surface area contributed by atoms with Crippen molar-refractivity contribution in [3.8, 4) is 11.1 Å². The van der Waals surface area contributed by atoms with E-state index in [1.807, 2.05) is 6.07 Å². The molecule has 2 aromatic carbocycles. The molecular weight excluding hydrogens is 246 g/mol. The van der Waals surface area contributed by atoms with E-state index >= 15 is 0 Å². The molecule has 0 fully saturated rings. The zero-order valence-electron chi connectivity index (χ0n) is 11.8. The molecule has 102 valence electrons. The molecule has 20 heavy (non-hydrogen) atoms. The lowest BCUT2D eigenvalue weighted by atomic mass is 10.1. The van der Waals surface area contributed by atoms with Crippen molar-refractivity contribution in [2.45, 2.75) is 32.6 Å². The highest BCUT2D eigenvalue weighted by atomic mass is 16.1. The van der Waals surface area contributed by atoms with Crippen molar-refractivity contribution in [1.29, 1.82) is 0 Å². The van der Waals surface area contributed by atoms with E-state index in [4.69, 9.17) is 0 Å². The van der Waals surface area contributed by atoms with Crippen molar-refractivity contribution in [2.24, 2.45) is 0 Å². The second kappa shape index (κ2) is 5.49. The van der Waals surface area contributed by atoms with Gasteiger partial charge >= 0.3 is 0 Å². The first-order valence-corrected chi connectivity index (χ1v) is 7.29. The fourth-order valence-electron chi connectivity index (χ4n) is 2.76. The number of carbonyl (C=O) groups excluding carboxylic acids is 1. The second-order valence-corrected chi connectivity index (χ2v) is 5.36. The zero-order chi connectivity index (χ0) is 13.9. The Kier molecular flexibility index (Phi) is 3.55. The fraction of sp³-hybridized carbons (Fsp3) is 0.278. The van der Waals surface area contributed by atoms with Gasteiger partial charge in [-0.2, -0.15) is 0 Å². The Balaban J connectivity index is 1.83. The molecule has 2 heteroatoms. The first-order chi connectivity index (χ1) is 9.78. The van der Waals surface area contributed by atoms with Crippen LogP contribution in [-0.2, 0) is 11.2 Å². The smallest absolute Gasteiger partial charge is 0.224 e. The first kappa shape index (κ1) is 12.9. The Bertz CT molecular complexity index is 646. The summed E-state index contributed by atoms with van der Waals surface area (Å²) in [7, 11) is 0. The molecule has 0 atom stereocenters. The van der Waals surface area contributed by atoms with E-state index in [0.717, 1.165) is 24.9 Å². The first-order valence-electron chi connectivity index (χ1n) is 7.29. The van der Waals surface area contributed by atoms with Gasteiger partial charge in [0.05, 0.1) is 0 Å². The Morgan fingerprint density at radius 1 is 1.10 bits per heavy atom. The third-order valence-corrected chi connectivity index (χ3v) is 3.84. The minimum atomic E-state index is 0.109. The maximum absolute atomic E-state index is 11.8. The summed E-state index contributed by atoms with van der Waals surface area (Å²) < 4.78 is 0. The van der Waals surface area contributed by atoms with E-state index in [-0.39, 0.29) is 5.91 Å². The van der Waals surface area contributed by atoms with Gasteiger partial charge in [0, 0.05) is 12.1 Å². The number of fused-ring (bicyclic) bond motifs is 3. The van der Waals surface area contributed by atoms with Gasteiger partial charge in [0.2, 0.25) is 5.91 Å². The highest BCUT2D eigenvalue weighted by Gasteiger charge is 2.18. The van der Waals surface area contributed by atoms with E-state index in [2.05, 4.69) is 48.6 Å². The average molecular weight is 265 g/mol. The van der Waals surface area contributed by atoms with Crippen molar-refractivity contribution in [3.05, 3.63) is 53.6 Å². The lowest BCUT2D eigenvalue weighted by molar-refractivity contribution is -0.116. The molecule has 0 radical (unpaired) electrons. The second-order valence-electron chi connectivity index (χ2n) is 5.36. The Morgan fingerprint density at radius 2 is 1.90 bits per heavy atom. The van der Waals surface area contributed by atoms with Crippen LogP contribution in [0.15, 0.2) is 42.5 Å². The standard InChI is InChI=1S/C18H19NO/c1-2-3-8-18(20)19-15-10-9-14-11-13-6-4-5-7-16(13)17(14)12-15/h4-7,9-10,12H,2-3,8,11H2,1H3,(H,19,20). The number of benzene rings is 2. The number of anilines is 1. The van der Waals surface area contributed by atoms with Crippen LogP contribution in [0.1, 0.15) is 37.3 Å². The van der Waals surface area contributed by atoms with Gasteiger partial charge in [-0.25, -0.2) is 0 Å². The number of amides is 1. The van der Waals surface area contributed by atoms with Crippen LogP contribution >= 0.6 is 0 Å². The van der Waals surface area contributed by atoms with E-state index in [1.54, 1.807) is 0 Å². The van der Waals surface area contributed by atoms with Gasteiger partial charge in [-0.1, -0.05) is 43.7 Å². The third-order valence-electron chi connectivity index (χ3n) is 3.84. The molecule has 0 bridgehead atoms. The Morgan fingerprint density at radius 3 is 2.75 bits per heavy atom. The van der Waals surface area contributed by atoms with E-state index < -0.39 is 0 Å². The number of hydrogen-bond donors (Lipinski definition) is 1. The van der Waals surface area contributed by atoms with Crippen LogP contribution < -0.4 is 5.32 Å². The van der Waals surface area contributed by atoms with Crippen molar-refractivity contribution >= 4 is 11.6 Å². The molecule has 0 heterocycles. The van der Waals surface area contributed by atoms with Gasteiger partial charge in [0.15, 0.2) is 0 Å². The molecule has 1 aliphatic carbocycles. The van der Waals surface area contributed by atoms with Crippen LogP contribution in [0.3, 0.4) is 0 Å². The van der Waals surface area contributed by atoms with E-state index in [0.29, 0.717) is 6.42 Å². The van der Waals surface area contributed by atoms with Gasteiger partial charge in [-0.05, 0) is 47.2 Å². The Labute approximate surface area is 119 Å². The molecule has 1 amide bonds. The van der Waals surface area contributed by atoms with Crippen LogP contribution in [0.2, 0.25) is 0 Å². The van der Waals surface area contributed by atoms with Crippen molar-refractivity contribution in [3.63, 3.8) is 0 Å². The van der Waals surface area contributed by atoms with E-state index in [9.17, 15) is 4.79 Å². The number of nitrogens with one attached hydrogen (secondary N) is 1. The van der Waals surface area contributed by atoms with Crippen molar-refractivity contribution < 1.29 is 4.79 Å². The minimum Gasteiger partial charge on any atom is -0.326 e. The number of carbonyl (C=O) groups is 1. The van der Waals surface area contributed by atoms with Crippen LogP contribution in [0.25, 0.3) is 11.1 Å². The maximum Gasteiger partial charge on any atom is 0.224 e. The normalized spacial score (nSPS) is 11.8. The van der Waals surface area contributed by atoms with Gasteiger partial charge in [0.1, 0.15) is 0 Å². The monoisotopic (exact) mass is 265 g/mol. The lowest BCUT2D eigenvalue weighted by Crippen LogP contribution is -2.10. The van der Waals surface area contributed by atoms with Crippen LogP contribution in [-0.4, -0.2) is 5.91 Å². The van der Waals surface area contributed by atoms with Crippen molar-refractivity contribution in [2.75, 3.05) is 5.32 Å². The predicted molar refractivity (Wildman–Crippen MR) is 82.8 cm³/mol. The summed E-state index contributed by atoms with van der Waals surface area (Å²) in [6.45, 7) is 2.10. The Hall–Kier alpha value is -2.09. The van der Waals surface area contributed by atoms with Crippen LogP contribution in [0.4, 0.5) is 5.69 Å². The zero-order valence-corrected chi connectivity index (χ0v) is 11.8. The molecule has 3 rings (SSSR count). The molecular formula is C18H19NO. The summed E-state index contributed by atoms with van der Waals surface area (Å²) in [6, 6.07) is 14.7. The molecule has 1 N–H and O–H groups in total. The highest BCUT2D eigenvalue weighted by Crippen LogP contribution is 2.37. The summed E-state index contributed by atoms with van der Waals surface area (Å²) in [5.41, 5.74) is 6.18. The molecule has 0 aliphatic heterocycles. The fourth-order valence-corrected chi connectivity index (χ4v) is 2.76. The highest BCUT2D eigenvalue weighted by molar-refractivity contribution is 5.92. The van der Waals surface area contributed by atoms with Gasteiger partial charge in [-0.3, -0.25) is 4.79 Å². The molecule has 0 saturated heterocycles. The molecule has 0 spiro atoms. The number of hydrogen-bond acceptors (Lipinski definition) is 1. The molecule has 2 nitrogen and oxygen atoms in total. The lowest BCUT2D eigenvalue weighted by Gasteiger charge is -2.07. The molecule has 2 aromatic rings. The molecule has 0 unspecified atom stereocenters. The molecule has 0 saturated carbocycles. The number of unbranched alkanes of at least 4 members (excludes halogenated alkanes) is 1. The summed E-state index contributed by atoms with van der Waals surface area (Å²) >= 11 is 0. The summed E-state index contributed by atoms with van der Waals surface area (Å²) in [5, 5.41) is 3.00. The largest absolute Gasteiger partial charge is 0.326 e. The summed E-state index contributed by atoms with van der Waals surface area (Å²) in [4.78, 5) is 11.8. The maximum atomic E-state index is 11.8. The van der Waals surface area contributed by atoms with Crippen molar-refractivity contribution in [1.82, 2.24) is 0 Å².